The fourth-order valence-corrected chi connectivity index (χ4v) is 1.97. The van der Waals surface area contributed by atoms with Crippen molar-refractivity contribution >= 4 is 5.78 Å². The quantitative estimate of drug-likeness (QED) is 0.679. The number of nitrogens with zero attached hydrogens (tertiary/aromatic N) is 5. The van der Waals surface area contributed by atoms with Crippen LogP contribution < -0.4 is 0 Å². The highest BCUT2D eigenvalue weighted by Crippen LogP contribution is 2.11. The van der Waals surface area contributed by atoms with Gasteiger partial charge in [0.25, 0.3) is 0 Å². The lowest BCUT2D eigenvalue weighted by Crippen LogP contribution is -2.10. The smallest absolute Gasteiger partial charge is 0.202 e. The summed E-state index contributed by atoms with van der Waals surface area (Å²) in [5, 5.41) is 0. The van der Waals surface area contributed by atoms with Crippen LogP contribution in [-0.4, -0.2) is 30.3 Å². The number of aromatic nitrogens is 5. The van der Waals surface area contributed by atoms with Crippen molar-refractivity contribution in [3.63, 3.8) is 0 Å². The second-order valence-electron chi connectivity index (χ2n) is 4.59. The minimum Gasteiger partial charge on any atom is -0.332 e. The molecule has 0 aliphatic carbocycles. The van der Waals surface area contributed by atoms with E-state index in [9.17, 15) is 4.79 Å². The Labute approximate surface area is 121 Å². The van der Waals surface area contributed by atoms with Crippen LogP contribution in [0.5, 0.6) is 0 Å². The molecule has 0 fully saturated rings. The number of aryl methyl sites for hydroxylation is 1. The van der Waals surface area contributed by atoms with Crippen LogP contribution in [-0.2, 0) is 13.5 Å². The van der Waals surface area contributed by atoms with Gasteiger partial charge in [0.1, 0.15) is 5.69 Å². The van der Waals surface area contributed by atoms with Gasteiger partial charge in [-0.1, -0.05) is 6.07 Å². The van der Waals surface area contributed by atoms with E-state index in [1.165, 1.54) is 0 Å². The summed E-state index contributed by atoms with van der Waals surface area (Å²) < 4.78 is 1.70. The Bertz CT molecular complexity index is 749. The average molecular weight is 279 g/mol. The molecule has 0 saturated heterocycles. The minimum absolute atomic E-state index is 0.0586. The summed E-state index contributed by atoms with van der Waals surface area (Å²) in [7, 11) is 1.79. The second-order valence-corrected chi connectivity index (χ2v) is 4.59. The first-order chi connectivity index (χ1) is 10.2. The Balaban J connectivity index is 1.76. The van der Waals surface area contributed by atoms with Gasteiger partial charge in [0.05, 0.1) is 0 Å². The molecule has 0 aliphatic rings. The fourth-order valence-electron chi connectivity index (χ4n) is 1.97. The summed E-state index contributed by atoms with van der Waals surface area (Å²) in [5.74, 6) is 0.921. The van der Waals surface area contributed by atoms with E-state index in [4.69, 9.17) is 0 Å². The van der Waals surface area contributed by atoms with Gasteiger partial charge in [0, 0.05) is 44.5 Å². The van der Waals surface area contributed by atoms with E-state index in [0.29, 0.717) is 17.3 Å². The summed E-state index contributed by atoms with van der Waals surface area (Å²) in [4.78, 5) is 28.8. The van der Waals surface area contributed by atoms with Crippen LogP contribution in [0.25, 0.3) is 11.5 Å². The molecule has 104 valence electrons. The maximum atomic E-state index is 12.1. The van der Waals surface area contributed by atoms with Crippen molar-refractivity contribution in [3.8, 4) is 11.5 Å². The molecule has 0 bridgehead atoms. The lowest BCUT2D eigenvalue weighted by molar-refractivity contribution is 0.0980. The number of rotatable bonds is 4. The van der Waals surface area contributed by atoms with E-state index < -0.39 is 0 Å². The minimum atomic E-state index is -0.0586. The largest absolute Gasteiger partial charge is 0.332 e. The summed E-state index contributed by atoms with van der Waals surface area (Å²) in [6.07, 6.45) is 8.57. The molecule has 3 rings (SSSR count). The maximum Gasteiger partial charge on any atom is 0.202 e. The third-order valence-corrected chi connectivity index (χ3v) is 3.03. The number of imidazole rings is 1. The molecule has 0 spiro atoms. The Morgan fingerprint density at radius 1 is 1.10 bits per heavy atom. The third-order valence-electron chi connectivity index (χ3n) is 3.03. The summed E-state index contributed by atoms with van der Waals surface area (Å²) in [6, 6.07) is 5.56. The molecule has 0 aliphatic heterocycles. The topological polar surface area (TPSA) is 73.6 Å². The SMILES string of the molecule is Cn1ccnc1C(=O)Cc1cnc(-c2ccccn2)nc1. The van der Waals surface area contributed by atoms with Gasteiger partial charge < -0.3 is 4.57 Å². The summed E-state index contributed by atoms with van der Waals surface area (Å²) in [6.45, 7) is 0. The molecule has 6 heteroatoms. The van der Waals surface area contributed by atoms with Crippen LogP contribution in [0.2, 0.25) is 0 Å². The zero-order valence-corrected chi connectivity index (χ0v) is 11.5. The lowest BCUT2D eigenvalue weighted by atomic mass is 10.1. The number of hydrogen-bond donors (Lipinski definition) is 0. The van der Waals surface area contributed by atoms with Gasteiger partial charge in [-0.15, -0.1) is 0 Å². The van der Waals surface area contributed by atoms with Crippen molar-refractivity contribution in [1.82, 2.24) is 24.5 Å². The van der Waals surface area contributed by atoms with Crippen molar-refractivity contribution in [2.75, 3.05) is 0 Å². The number of carbonyl (C=O) groups excluding carboxylic acids is 1. The van der Waals surface area contributed by atoms with Crippen LogP contribution in [0.3, 0.4) is 0 Å². The van der Waals surface area contributed by atoms with E-state index in [2.05, 4.69) is 19.9 Å². The molecule has 3 heterocycles. The van der Waals surface area contributed by atoms with Crippen LogP contribution in [0, 0.1) is 0 Å². The first kappa shape index (κ1) is 13.1. The van der Waals surface area contributed by atoms with E-state index in [1.54, 1.807) is 42.6 Å². The maximum absolute atomic E-state index is 12.1. The van der Waals surface area contributed by atoms with E-state index in [0.717, 1.165) is 5.56 Å². The van der Waals surface area contributed by atoms with E-state index >= 15 is 0 Å². The first-order valence-electron chi connectivity index (χ1n) is 6.47. The van der Waals surface area contributed by atoms with Crippen LogP contribution in [0.15, 0.2) is 49.2 Å². The van der Waals surface area contributed by atoms with Crippen molar-refractivity contribution < 1.29 is 4.79 Å². The highest BCUT2D eigenvalue weighted by Gasteiger charge is 2.12. The van der Waals surface area contributed by atoms with Crippen molar-refractivity contribution in [1.29, 1.82) is 0 Å². The van der Waals surface area contributed by atoms with Crippen molar-refractivity contribution in [2.45, 2.75) is 6.42 Å². The number of pyridine rings is 1. The van der Waals surface area contributed by atoms with Crippen LogP contribution >= 0.6 is 0 Å². The fraction of sp³-hybridized carbons (Fsp3) is 0.133. The van der Waals surface area contributed by atoms with E-state index in [1.807, 2.05) is 18.2 Å². The van der Waals surface area contributed by atoms with Gasteiger partial charge in [-0.2, -0.15) is 0 Å². The highest BCUT2D eigenvalue weighted by atomic mass is 16.1. The Kier molecular flexibility index (Phi) is 3.51. The standard InChI is InChI=1S/C15H13N5O/c1-20-7-6-17-15(20)13(21)8-11-9-18-14(19-10-11)12-4-2-3-5-16-12/h2-7,9-10H,8H2,1H3. The predicted octanol–water partition coefficient (Wildman–Crippen LogP) is 1.70. The summed E-state index contributed by atoms with van der Waals surface area (Å²) in [5.41, 5.74) is 1.46. The Hall–Kier alpha value is -2.89. The zero-order valence-electron chi connectivity index (χ0n) is 11.5. The number of hydrogen-bond acceptors (Lipinski definition) is 5. The predicted molar refractivity (Wildman–Crippen MR) is 76.5 cm³/mol. The van der Waals surface area contributed by atoms with Gasteiger partial charge in [-0.25, -0.2) is 15.0 Å². The van der Waals surface area contributed by atoms with Crippen LogP contribution in [0.1, 0.15) is 16.2 Å². The number of ketones is 1. The molecule has 0 atom stereocenters. The molecule has 0 unspecified atom stereocenters. The first-order valence-corrected chi connectivity index (χ1v) is 6.47. The molecule has 21 heavy (non-hydrogen) atoms. The number of carbonyl (C=O) groups is 1. The van der Waals surface area contributed by atoms with Gasteiger partial charge in [-0.3, -0.25) is 9.78 Å². The molecule has 0 radical (unpaired) electrons. The average Bonchev–Trinajstić information content (AvgIpc) is 2.95. The monoisotopic (exact) mass is 279 g/mol. The zero-order chi connectivity index (χ0) is 14.7. The molecule has 0 saturated carbocycles. The molecule has 3 aromatic heterocycles. The highest BCUT2D eigenvalue weighted by molar-refractivity contribution is 5.94. The second kappa shape index (κ2) is 5.62. The van der Waals surface area contributed by atoms with Crippen LogP contribution in [0.4, 0.5) is 0 Å². The normalized spacial score (nSPS) is 10.5. The van der Waals surface area contributed by atoms with E-state index in [-0.39, 0.29) is 12.2 Å². The number of Topliss-reactive ketones (excluding diaryl/α,β-unsaturated/α-hetero) is 1. The molecule has 0 amide bonds. The molecule has 3 aromatic rings. The Morgan fingerprint density at radius 3 is 2.52 bits per heavy atom. The van der Waals surface area contributed by atoms with Crippen molar-refractivity contribution in [3.05, 3.63) is 60.6 Å². The molecular formula is C15H13N5O. The summed E-state index contributed by atoms with van der Waals surface area (Å²) >= 11 is 0. The molecule has 0 N–H and O–H groups in total. The Morgan fingerprint density at radius 2 is 1.90 bits per heavy atom. The van der Waals surface area contributed by atoms with Gasteiger partial charge in [-0.05, 0) is 17.7 Å². The molecule has 6 nitrogen and oxygen atoms in total. The lowest BCUT2D eigenvalue weighted by Gasteiger charge is -2.02. The third kappa shape index (κ3) is 2.84. The molecule has 0 aromatic carbocycles. The van der Waals surface area contributed by atoms with Gasteiger partial charge in [0.2, 0.25) is 5.78 Å². The van der Waals surface area contributed by atoms with Gasteiger partial charge in [0.15, 0.2) is 11.6 Å². The molecular weight excluding hydrogens is 266 g/mol. The van der Waals surface area contributed by atoms with Gasteiger partial charge >= 0.3 is 0 Å². The van der Waals surface area contributed by atoms with Crippen molar-refractivity contribution in [2.24, 2.45) is 7.05 Å².